The van der Waals surface area contributed by atoms with Gasteiger partial charge >= 0.3 is 0 Å². The van der Waals surface area contributed by atoms with Crippen LogP contribution in [-0.2, 0) is 5.41 Å². The van der Waals surface area contributed by atoms with E-state index in [1.165, 1.54) is 5.56 Å². The molecule has 0 bridgehead atoms. The lowest BCUT2D eigenvalue weighted by molar-refractivity contribution is 0.407. The molecule has 0 aromatic carbocycles. The van der Waals surface area contributed by atoms with Gasteiger partial charge in [0.1, 0.15) is 4.60 Å². The van der Waals surface area contributed by atoms with Crippen molar-refractivity contribution in [3.8, 4) is 5.69 Å². The third kappa shape index (κ3) is 2.72. The molecule has 0 aliphatic rings. The van der Waals surface area contributed by atoms with Crippen LogP contribution >= 0.6 is 15.9 Å². The highest BCUT2D eigenvalue weighted by Gasteiger charge is 2.28. The molecule has 0 aliphatic heterocycles. The molecule has 2 N–H and O–H groups in total. The molecule has 4 nitrogen and oxygen atoms in total. The summed E-state index contributed by atoms with van der Waals surface area (Å²) in [7, 11) is 0. The Labute approximate surface area is 122 Å². The van der Waals surface area contributed by atoms with Crippen LogP contribution < -0.4 is 5.73 Å². The van der Waals surface area contributed by atoms with E-state index in [1.54, 1.807) is 6.20 Å². The Morgan fingerprint density at radius 1 is 1.26 bits per heavy atom. The molecule has 0 saturated heterocycles. The van der Waals surface area contributed by atoms with Crippen molar-refractivity contribution in [2.24, 2.45) is 5.73 Å². The van der Waals surface area contributed by atoms with Crippen molar-refractivity contribution in [2.45, 2.75) is 32.1 Å². The molecule has 0 unspecified atom stereocenters. The number of pyridine rings is 1. The number of nitrogens with zero attached hydrogens (tertiary/aromatic N) is 3. The quantitative estimate of drug-likeness (QED) is 0.861. The molecular weight excluding hydrogens is 304 g/mol. The van der Waals surface area contributed by atoms with Gasteiger partial charge in [0.25, 0.3) is 0 Å². The third-order valence-electron chi connectivity index (χ3n) is 3.92. The van der Waals surface area contributed by atoms with Gasteiger partial charge in [-0.1, -0.05) is 13.8 Å². The summed E-state index contributed by atoms with van der Waals surface area (Å²) >= 11 is 3.33. The normalized spacial score (nSPS) is 11.8. The molecule has 2 heterocycles. The second kappa shape index (κ2) is 5.84. The summed E-state index contributed by atoms with van der Waals surface area (Å²) in [6.45, 7) is 4.99. The Kier molecular flexibility index (Phi) is 4.37. The van der Waals surface area contributed by atoms with Gasteiger partial charge < -0.3 is 5.73 Å². The summed E-state index contributed by atoms with van der Waals surface area (Å²) in [6.07, 6.45) is 7.81. The van der Waals surface area contributed by atoms with E-state index in [-0.39, 0.29) is 5.41 Å². The highest BCUT2D eigenvalue weighted by Crippen LogP contribution is 2.30. The minimum atomic E-state index is 0.0288. The maximum absolute atomic E-state index is 5.97. The zero-order valence-electron chi connectivity index (χ0n) is 11.3. The van der Waals surface area contributed by atoms with Gasteiger partial charge in [-0.2, -0.15) is 5.10 Å². The molecule has 2 aromatic heterocycles. The molecule has 0 amide bonds. The van der Waals surface area contributed by atoms with Gasteiger partial charge in [-0.3, -0.25) is 0 Å². The van der Waals surface area contributed by atoms with E-state index in [9.17, 15) is 0 Å². The number of halogens is 1. The minimum absolute atomic E-state index is 0.0288. The van der Waals surface area contributed by atoms with E-state index >= 15 is 0 Å². The number of aromatic nitrogens is 3. The van der Waals surface area contributed by atoms with E-state index in [1.807, 2.05) is 23.0 Å². The summed E-state index contributed by atoms with van der Waals surface area (Å²) in [6, 6.07) is 3.89. The Hall–Kier alpha value is -1.20. The molecule has 2 rings (SSSR count). The predicted molar refractivity (Wildman–Crippen MR) is 80.4 cm³/mol. The Bertz CT molecular complexity index is 520. The first-order valence-corrected chi connectivity index (χ1v) is 7.31. The second-order valence-electron chi connectivity index (χ2n) is 4.70. The van der Waals surface area contributed by atoms with Gasteiger partial charge in [0, 0.05) is 18.2 Å². The van der Waals surface area contributed by atoms with Crippen molar-refractivity contribution >= 4 is 15.9 Å². The highest BCUT2D eigenvalue weighted by molar-refractivity contribution is 9.10. The fraction of sp³-hybridized carbons (Fsp3) is 0.429. The number of rotatable bonds is 5. The molecule has 5 heteroatoms. The molecule has 0 radical (unpaired) electrons. The minimum Gasteiger partial charge on any atom is -0.330 e. The zero-order valence-corrected chi connectivity index (χ0v) is 12.9. The van der Waals surface area contributed by atoms with E-state index in [0.29, 0.717) is 6.54 Å². The van der Waals surface area contributed by atoms with Crippen LogP contribution in [0.15, 0.2) is 35.3 Å². The SMILES string of the molecule is CCC(CC)(CN)c1cnn(-c2ccc(Br)nc2)c1. The highest BCUT2D eigenvalue weighted by atomic mass is 79.9. The van der Waals surface area contributed by atoms with Crippen molar-refractivity contribution in [2.75, 3.05) is 6.54 Å². The van der Waals surface area contributed by atoms with Crippen LogP contribution in [0.25, 0.3) is 5.69 Å². The van der Waals surface area contributed by atoms with Crippen molar-refractivity contribution in [1.29, 1.82) is 0 Å². The van der Waals surface area contributed by atoms with E-state index in [2.05, 4.69) is 46.1 Å². The van der Waals surface area contributed by atoms with Gasteiger partial charge in [-0.05, 0) is 46.5 Å². The fourth-order valence-electron chi connectivity index (χ4n) is 2.31. The van der Waals surface area contributed by atoms with Crippen molar-refractivity contribution in [1.82, 2.24) is 14.8 Å². The summed E-state index contributed by atoms with van der Waals surface area (Å²) in [5, 5.41) is 4.43. The first-order valence-electron chi connectivity index (χ1n) is 6.52. The molecule has 0 saturated carbocycles. The average molecular weight is 323 g/mol. The molecule has 0 spiro atoms. The first-order chi connectivity index (χ1) is 9.15. The Morgan fingerprint density at radius 2 is 2.00 bits per heavy atom. The maximum atomic E-state index is 5.97. The van der Waals surface area contributed by atoms with Crippen LogP contribution in [0, 0.1) is 0 Å². The Balaban J connectivity index is 2.35. The van der Waals surface area contributed by atoms with Gasteiger partial charge in [0.05, 0.1) is 18.1 Å². The van der Waals surface area contributed by atoms with E-state index in [0.717, 1.165) is 23.1 Å². The monoisotopic (exact) mass is 322 g/mol. The second-order valence-corrected chi connectivity index (χ2v) is 5.52. The standard InChI is InChI=1S/C14H19BrN4/c1-3-14(4-2,10-16)11-7-18-19(9-11)12-5-6-13(15)17-8-12/h5-9H,3-4,10,16H2,1-2H3. The molecule has 0 atom stereocenters. The van der Waals surface area contributed by atoms with Crippen molar-refractivity contribution < 1.29 is 0 Å². The molecule has 0 aliphatic carbocycles. The van der Waals surface area contributed by atoms with Crippen LogP contribution in [0.3, 0.4) is 0 Å². The summed E-state index contributed by atoms with van der Waals surface area (Å²) in [5.74, 6) is 0. The summed E-state index contributed by atoms with van der Waals surface area (Å²) in [4.78, 5) is 4.22. The van der Waals surface area contributed by atoms with E-state index in [4.69, 9.17) is 5.73 Å². The number of nitrogens with two attached hydrogens (primary N) is 1. The van der Waals surface area contributed by atoms with Crippen LogP contribution in [-0.4, -0.2) is 21.3 Å². The average Bonchev–Trinajstić information content (AvgIpc) is 2.93. The molecule has 2 aromatic rings. The van der Waals surface area contributed by atoms with Gasteiger partial charge in [0.2, 0.25) is 0 Å². The van der Waals surface area contributed by atoms with Crippen LogP contribution in [0.1, 0.15) is 32.3 Å². The lowest BCUT2D eigenvalue weighted by Crippen LogP contribution is -2.33. The fourth-order valence-corrected chi connectivity index (χ4v) is 2.54. The van der Waals surface area contributed by atoms with Crippen molar-refractivity contribution in [3.05, 3.63) is 40.9 Å². The summed E-state index contributed by atoms with van der Waals surface area (Å²) < 4.78 is 2.67. The topological polar surface area (TPSA) is 56.7 Å². The van der Waals surface area contributed by atoms with Gasteiger partial charge in [-0.25, -0.2) is 9.67 Å². The predicted octanol–water partition coefficient (Wildman–Crippen LogP) is 3.05. The smallest absolute Gasteiger partial charge is 0.106 e. The van der Waals surface area contributed by atoms with E-state index < -0.39 is 0 Å². The van der Waals surface area contributed by atoms with Crippen LogP contribution in [0.4, 0.5) is 0 Å². The molecule has 102 valence electrons. The van der Waals surface area contributed by atoms with Gasteiger partial charge in [-0.15, -0.1) is 0 Å². The van der Waals surface area contributed by atoms with Crippen LogP contribution in [0.2, 0.25) is 0 Å². The maximum Gasteiger partial charge on any atom is 0.106 e. The molecule has 19 heavy (non-hydrogen) atoms. The van der Waals surface area contributed by atoms with Gasteiger partial charge in [0.15, 0.2) is 0 Å². The first kappa shape index (κ1) is 14.2. The zero-order chi connectivity index (χ0) is 13.9. The van der Waals surface area contributed by atoms with Crippen LogP contribution in [0.5, 0.6) is 0 Å². The largest absolute Gasteiger partial charge is 0.330 e. The van der Waals surface area contributed by atoms with Crippen molar-refractivity contribution in [3.63, 3.8) is 0 Å². The third-order valence-corrected chi connectivity index (χ3v) is 4.38. The number of hydrogen-bond acceptors (Lipinski definition) is 3. The number of hydrogen-bond donors (Lipinski definition) is 1. The summed E-state index contributed by atoms with van der Waals surface area (Å²) in [5.41, 5.74) is 8.15. The molecular formula is C14H19BrN4. The lowest BCUT2D eigenvalue weighted by Gasteiger charge is -2.28. The lowest BCUT2D eigenvalue weighted by atomic mass is 9.77. The Morgan fingerprint density at radius 3 is 2.53 bits per heavy atom. The molecule has 0 fully saturated rings.